The number of amides is 1. The maximum absolute atomic E-state index is 12.3. The van der Waals surface area contributed by atoms with Gasteiger partial charge in [-0.15, -0.1) is 10.2 Å². The number of anilines is 2. The quantitative estimate of drug-likeness (QED) is 0.876. The summed E-state index contributed by atoms with van der Waals surface area (Å²) in [6.07, 6.45) is 0. The van der Waals surface area contributed by atoms with Gasteiger partial charge in [0.1, 0.15) is 0 Å². The number of hydrogen-bond donors (Lipinski definition) is 1. The summed E-state index contributed by atoms with van der Waals surface area (Å²) in [5.41, 5.74) is 6.39. The van der Waals surface area contributed by atoms with Crippen LogP contribution in [0.2, 0.25) is 0 Å². The predicted molar refractivity (Wildman–Crippen MR) is 79.5 cm³/mol. The van der Waals surface area contributed by atoms with Crippen molar-refractivity contribution in [1.82, 2.24) is 10.2 Å². The molecule has 0 aliphatic rings. The van der Waals surface area contributed by atoms with Gasteiger partial charge in [-0.1, -0.05) is 41.3 Å². The zero-order chi connectivity index (χ0) is 13.8. The average Bonchev–Trinajstić information content (AvgIpc) is 2.83. The van der Waals surface area contributed by atoms with E-state index in [9.17, 15) is 4.79 Å². The Morgan fingerprint density at radius 3 is 2.63 bits per heavy atom. The molecule has 0 fully saturated rings. The zero-order valence-corrected chi connectivity index (χ0v) is 12.2. The van der Waals surface area contributed by atoms with E-state index in [0.717, 1.165) is 5.69 Å². The SMILES string of the molecule is CC(Sc1nnc(N)s1)C(=O)N(C)c1ccccc1. The van der Waals surface area contributed by atoms with E-state index in [1.165, 1.54) is 23.1 Å². The van der Waals surface area contributed by atoms with E-state index in [2.05, 4.69) is 10.2 Å². The maximum Gasteiger partial charge on any atom is 0.240 e. The third-order valence-electron chi connectivity index (χ3n) is 2.52. The number of hydrogen-bond acceptors (Lipinski definition) is 6. The van der Waals surface area contributed by atoms with Gasteiger partial charge in [-0.2, -0.15) is 0 Å². The zero-order valence-electron chi connectivity index (χ0n) is 10.6. The van der Waals surface area contributed by atoms with Crippen molar-refractivity contribution in [3.8, 4) is 0 Å². The van der Waals surface area contributed by atoms with Crippen molar-refractivity contribution in [2.45, 2.75) is 16.5 Å². The van der Waals surface area contributed by atoms with E-state index < -0.39 is 0 Å². The summed E-state index contributed by atoms with van der Waals surface area (Å²) >= 11 is 2.66. The average molecular weight is 294 g/mol. The van der Waals surface area contributed by atoms with Crippen molar-refractivity contribution in [2.24, 2.45) is 0 Å². The van der Waals surface area contributed by atoms with Gasteiger partial charge in [-0.25, -0.2) is 0 Å². The maximum atomic E-state index is 12.3. The number of nitrogen functional groups attached to an aromatic ring is 1. The molecule has 5 nitrogen and oxygen atoms in total. The van der Waals surface area contributed by atoms with E-state index in [-0.39, 0.29) is 11.2 Å². The van der Waals surface area contributed by atoms with Crippen LogP contribution in [0.25, 0.3) is 0 Å². The Morgan fingerprint density at radius 1 is 1.37 bits per heavy atom. The van der Waals surface area contributed by atoms with E-state index in [1.807, 2.05) is 37.3 Å². The molecular weight excluding hydrogens is 280 g/mol. The van der Waals surface area contributed by atoms with Crippen LogP contribution >= 0.6 is 23.1 Å². The smallest absolute Gasteiger partial charge is 0.240 e. The third-order valence-corrected chi connectivity index (χ3v) is 4.45. The van der Waals surface area contributed by atoms with Crippen LogP contribution < -0.4 is 10.6 Å². The van der Waals surface area contributed by atoms with Gasteiger partial charge < -0.3 is 10.6 Å². The molecule has 0 saturated heterocycles. The predicted octanol–water partition coefficient (Wildman–Crippen LogP) is 2.26. The molecule has 0 aliphatic heterocycles. The normalized spacial score (nSPS) is 12.1. The lowest BCUT2D eigenvalue weighted by atomic mass is 10.3. The van der Waals surface area contributed by atoms with E-state index in [4.69, 9.17) is 5.73 Å². The Morgan fingerprint density at radius 2 is 2.05 bits per heavy atom. The summed E-state index contributed by atoms with van der Waals surface area (Å²) in [6.45, 7) is 1.85. The number of nitrogens with zero attached hydrogens (tertiary/aromatic N) is 3. The van der Waals surface area contributed by atoms with Crippen LogP contribution in [0, 0.1) is 0 Å². The molecule has 2 aromatic rings. The molecular formula is C12H14N4OS2. The van der Waals surface area contributed by atoms with Crippen molar-refractivity contribution in [3.63, 3.8) is 0 Å². The number of para-hydroxylation sites is 1. The summed E-state index contributed by atoms with van der Waals surface area (Å²) in [5.74, 6) is 0.0185. The van der Waals surface area contributed by atoms with Crippen molar-refractivity contribution in [2.75, 3.05) is 17.7 Å². The fraction of sp³-hybridized carbons (Fsp3) is 0.250. The van der Waals surface area contributed by atoms with Gasteiger partial charge in [-0.3, -0.25) is 4.79 Å². The van der Waals surface area contributed by atoms with Crippen LogP contribution in [0.15, 0.2) is 34.7 Å². The molecule has 0 bridgehead atoms. The first-order valence-electron chi connectivity index (χ1n) is 5.66. The second-order valence-corrected chi connectivity index (χ2v) is 6.50. The van der Waals surface area contributed by atoms with E-state index >= 15 is 0 Å². The molecule has 1 heterocycles. The van der Waals surface area contributed by atoms with Crippen LogP contribution in [0.3, 0.4) is 0 Å². The van der Waals surface area contributed by atoms with Crippen molar-refractivity contribution in [1.29, 1.82) is 0 Å². The first-order chi connectivity index (χ1) is 9.08. The highest BCUT2D eigenvalue weighted by atomic mass is 32.2. The van der Waals surface area contributed by atoms with E-state index in [0.29, 0.717) is 9.47 Å². The van der Waals surface area contributed by atoms with Crippen LogP contribution in [-0.4, -0.2) is 28.4 Å². The molecule has 19 heavy (non-hydrogen) atoms. The molecule has 1 aromatic heterocycles. The molecule has 0 radical (unpaired) electrons. The fourth-order valence-electron chi connectivity index (χ4n) is 1.52. The summed E-state index contributed by atoms with van der Waals surface area (Å²) < 4.78 is 0.708. The van der Waals surface area contributed by atoms with Crippen LogP contribution in [0.1, 0.15) is 6.92 Å². The van der Waals surface area contributed by atoms with Gasteiger partial charge in [0.2, 0.25) is 11.0 Å². The minimum Gasteiger partial charge on any atom is -0.374 e. The monoisotopic (exact) mass is 294 g/mol. The number of rotatable bonds is 4. The second-order valence-electron chi connectivity index (χ2n) is 3.90. The molecule has 1 unspecified atom stereocenters. The molecule has 7 heteroatoms. The molecule has 1 amide bonds. The van der Waals surface area contributed by atoms with Gasteiger partial charge in [-0.05, 0) is 19.1 Å². The van der Waals surface area contributed by atoms with Gasteiger partial charge in [0.25, 0.3) is 0 Å². The molecule has 2 N–H and O–H groups in total. The molecule has 0 spiro atoms. The number of thioether (sulfide) groups is 1. The van der Waals surface area contributed by atoms with Gasteiger partial charge >= 0.3 is 0 Å². The lowest BCUT2D eigenvalue weighted by Crippen LogP contribution is -2.33. The van der Waals surface area contributed by atoms with Crippen LogP contribution in [-0.2, 0) is 4.79 Å². The Kier molecular flexibility index (Phi) is 4.39. The first-order valence-corrected chi connectivity index (χ1v) is 7.36. The van der Waals surface area contributed by atoms with Crippen molar-refractivity contribution >= 4 is 39.8 Å². The first kappa shape index (κ1) is 13.8. The van der Waals surface area contributed by atoms with Crippen LogP contribution in [0.4, 0.5) is 10.8 Å². The molecule has 0 saturated carbocycles. The fourth-order valence-corrected chi connectivity index (χ4v) is 3.39. The van der Waals surface area contributed by atoms with Gasteiger partial charge in [0, 0.05) is 12.7 Å². The minimum atomic E-state index is -0.238. The lowest BCUT2D eigenvalue weighted by molar-refractivity contribution is -0.117. The van der Waals surface area contributed by atoms with Crippen molar-refractivity contribution < 1.29 is 4.79 Å². The largest absolute Gasteiger partial charge is 0.374 e. The Balaban J connectivity index is 2.03. The van der Waals surface area contributed by atoms with Crippen molar-refractivity contribution in [3.05, 3.63) is 30.3 Å². The number of nitrogens with two attached hydrogens (primary N) is 1. The number of benzene rings is 1. The van der Waals surface area contributed by atoms with Crippen LogP contribution in [0.5, 0.6) is 0 Å². The highest BCUT2D eigenvalue weighted by Crippen LogP contribution is 2.29. The summed E-state index contributed by atoms with van der Waals surface area (Å²) in [4.78, 5) is 13.9. The highest BCUT2D eigenvalue weighted by Gasteiger charge is 2.21. The van der Waals surface area contributed by atoms with E-state index in [1.54, 1.807) is 11.9 Å². The summed E-state index contributed by atoms with van der Waals surface area (Å²) in [7, 11) is 1.77. The molecule has 1 aromatic carbocycles. The molecule has 1 atom stereocenters. The number of aromatic nitrogens is 2. The second kappa shape index (κ2) is 6.03. The Hall–Kier alpha value is -1.60. The molecule has 0 aliphatic carbocycles. The lowest BCUT2D eigenvalue weighted by Gasteiger charge is -2.20. The Labute approximate surface area is 119 Å². The van der Waals surface area contributed by atoms with Gasteiger partial charge in [0.05, 0.1) is 5.25 Å². The molecule has 100 valence electrons. The number of carbonyl (C=O) groups excluding carboxylic acids is 1. The standard InChI is InChI=1S/C12H14N4OS2/c1-8(18-12-15-14-11(13)19-12)10(17)16(2)9-6-4-3-5-7-9/h3-8H,1-2H3,(H2,13,14). The summed E-state index contributed by atoms with van der Waals surface area (Å²) in [6, 6.07) is 9.53. The minimum absolute atomic E-state index is 0.0185. The third kappa shape index (κ3) is 3.45. The Bertz CT molecular complexity index is 558. The summed E-state index contributed by atoms with van der Waals surface area (Å²) in [5, 5.41) is 7.82. The highest BCUT2D eigenvalue weighted by molar-refractivity contribution is 8.02. The molecule has 2 rings (SSSR count). The topological polar surface area (TPSA) is 72.1 Å². The van der Waals surface area contributed by atoms with Gasteiger partial charge in [0.15, 0.2) is 4.34 Å². The number of carbonyl (C=O) groups is 1.